The Morgan fingerprint density at radius 1 is 1.16 bits per heavy atom. The molecule has 2 aromatic rings. The molecule has 3 rings (SSSR count). The largest absolute Gasteiger partial charge is 0.390 e. The molecule has 6 nitrogen and oxygen atoms in total. The van der Waals surface area contributed by atoms with Crippen molar-refractivity contribution in [1.82, 2.24) is 15.0 Å². The van der Waals surface area contributed by atoms with Gasteiger partial charge in [0.05, 0.1) is 24.7 Å². The number of thiazole rings is 1. The SMILES string of the molecule is OCc1cncc(N2CCN(c3nccs3)CC2)n1. The number of nitrogens with zero attached hydrogens (tertiary/aromatic N) is 5. The zero-order valence-corrected chi connectivity index (χ0v) is 11.3. The molecular weight excluding hydrogens is 262 g/mol. The summed E-state index contributed by atoms with van der Waals surface area (Å²) in [7, 11) is 0. The molecule has 100 valence electrons. The van der Waals surface area contributed by atoms with E-state index in [0.29, 0.717) is 5.69 Å². The lowest BCUT2D eigenvalue weighted by Crippen LogP contribution is -2.46. The van der Waals surface area contributed by atoms with E-state index in [4.69, 9.17) is 5.11 Å². The first-order valence-electron chi connectivity index (χ1n) is 6.18. The van der Waals surface area contributed by atoms with Crippen molar-refractivity contribution in [2.24, 2.45) is 0 Å². The van der Waals surface area contributed by atoms with E-state index in [1.165, 1.54) is 0 Å². The molecule has 0 amide bonds. The van der Waals surface area contributed by atoms with Gasteiger partial charge in [0.1, 0.15) is 5.82 Å². The second-order valence-electron chi connectivity index (χ2n) is 4.32. The van der Waals surface area contributed by atoms with Crippen LogP contribution < -0.4 is 9.80 Å². The van der Waals surface area contributed by atoms with Crippen molar-refractivity contribution in [3.05, 3.63) is 29.7 Å². The molecule has 0 bridgehead atoms. The molecule has 1 fully saturated rings. The van der Waals surface area contributed by atoms with Gasteiger partial charge in [0.25, 0.3) is 0 Å². The average molecular weight is 277 g/mol. The smallest absolute Gasteiger partial charge is 0.185 e. The van der Waals surface area contributed by atoms with Crippen LogP contribution in [0, 0.1) is 0 Å². The lowest BCUT2D eigenvalue weighted by molar-refractivity contribution is 0.276. The Hall–Kier alpha value is -1.73. The van der Waals surface area contributed by atoms with Gasteiger partial charge in [-0.15, -0.1) is 11.3 Å². The normalized spacial score (nSPS) is 15.8. The summed E-state index contributed by atoms with van der Waals surface area (Å²) in [5.41, 5.74) is 0.611. The van der Waals surface area contributed by atoms with E-state index in [2.05, 4.69) is 24.8 Å². The van der Waals surface area contributed by atoms with E-state index in [1.54, 1.807) is 23.7 Å². The molecule has 1 saturated heterocycles. The number of hydrogen-bond acceptors (Lipinski definition) is 7. The molecule has 0 radical (unpaired) electrons. The van der Waals surface area contributed by atoms with Gasteiger partial charge in [0.15, 0.2) is 5.13 Å². The zero-order chi connectivity index (χ0) is 13.1. The highest BCUT2D eigenvalue weighted by molar-refractivity contribution is 7.13. The fraction of sp³-hybridized carbons (Fsp3) is 0.417. The molecule has 7 heteroatoms. The van der Waals surface area contributed by atoms with Gasteiger partial charge in [-0.05, 0) is 0 Å². The van der Waals surface area contributed by atoms with Crippen LogP contribution >= 0.6 is 11.3 Å². The maximum Gasteiger partial charge on any atom is 0.185 e. The topological polar surface area (TPSA) is 65.4 Å². The lowest BCUT2D eigenvalue weighted by Gasteiger charge is -2.35. The second kappa shape index (κ2) is 5.50. The minimum atomic E-state index is -0.0695. The first kappa shape index (κ1) is 12.3. The number of rotatable bonds is 3. The van der Waals surface area contributed by atoms with Crippen molar-refractivity contribution < 1.29 is 5.11 Å². The van der Waals surface area contributed by atoms with Crippen LogP contribution in [0.15, 0.2) is 24.0 Å². The predicted octanol–water partition coefficient (Wildman–Crippen LogP) is 0.752. The molecule has 0 aromatic carbocycles. The van der Waals surface area contributed by atoms with Gasteiger partial charge in [0, 0.05) is 37.8 Å². The number of hydrogen-bond donors (Lipinski definition) is 1. The fourth-order valence-corrected chi connectivity index (χ4v) is 2.82. The van der Waals surface area contributed by atoms with Crippen molar-refractivity contribution in [2.45, 2.75) is 6.61 Å². The number of anilines is 2. The van der Waals surface area contributed by atoms with Crippen LogP contribution in [0.5, 0.6) is 0 Å². The molecule has 3 heterocycles. The first-order chi connectivity index (χ1) is 9.36. The summed E-state index contributed by atoms with van der Waals surface area (Å²) in [5.74, 6) is 0.838. The van der Waals surface area contributed by atoms with Crippen LogP contribution in [-0.2, 0) is 6.61 Å². The Labute approximate surface area is 115 Å². The van der Waals surface area contributed by atoms with Crippen LogP contribution in [0.4, 0.5) is 10.9 Å². The van der Waals surface area contributed by atoms with Gasteiger partial charge in [-0.1, -0.05) is 0 Å². The number of piperazine rings is 1. The minimum absolute atomic E-state index is 0.0695. The van der Waals surface area contributed by atoms with E-state index in [-0.39, 0.29) is 6.61 Å². The van der Waals surface area contributed by atoms with Crippen molar-refractivity contribution in [3.8, 4) is 0 Å². The average Bonchev–Trinajstić information content (AvgIpc) is 3.02. The maximum atomic E-state index is 9.09. The Morgan fingerprint density at radius 2 is 1.95 bits per heavy atom. The van der Waals surface area contributed by atoms with Gasteiger partial charge in [-0.25, -0.2) is 9.97 Å². The molecule has 1 N–H and O–H groups in total. The van der Waals surface area contributed by atoms with E-state index in [9.17, 15) is 0 Å². The molecular formula is C12H15N5OS. The third kappa shape index (κ3) is 2.66. The molecule has 1 aliphatic heterocycles. The van der Waals surface area contributed by atoms with Gasteiger partial charge in [-0.2, -0.15) is 0 Å². The molecule has 0 atom stereocenters. The Balaban J connectivity index is 1.66. The predicted molar refractivity (Wildman–Crippen MR) is 74.5 cm³/mol. The van der Waals surface area contributed by atoms with E-state index in [1.807, 2.05) is 11.6 Å². The molecule has 0 unspecified atom stereocenters. The van der Waals surface area contributed by atoms with Gasteiger partial charge < -0.3 is 14.9 Å². The minimum Gasteiger partial charge on any atom is -0.390 e. The highest BCUT2D eigenvalue weighted by Gasteiger charge is 2.19. The molecule has 2 aromatic heterocycles. The van der Waals surface area contributed by atoms with E-state index < -0.39 is 0 Å². The number of aliphatic hydroxyl groups excluding tert-OH is 1. The standard InChI is InChI=1S/C12H15N5OS/c18-9-10-7-13-8-11(15-10)16-2-4-17(5-3-16)12-14-1-6-19-12/h1,6-8,18H,2-5,9H2. The number of aromatic nitrogens is 3. The van der Waals surface area contributed by atoms with Crippen LogP contribution in [0.25, 0.3) is 0 Å². The van der Waals surface area contributed by atoms with E-state index in [0.717, 1.165) is 37.1 Å². The summed E-state index contributed by atoms with van der Waals surface area (Å²) in [6, 6.07) is 0. The maximum absolute atomic E-state index is 9.09. The third-order valence-corrected chi connectivity index (χ3v) is 3.96. The quantitative estimate of drug-likeness (QED) is 0.893. The summed E-state index contributed by atoms with van der Waals surface area (Å²) in [4.78, 5) is 17.3. The Kier molecular flexibility index (Phi) is 3.56. The molecule has 19 heavy (non-hydrogen) atoms. The fourth-order valence-electron chi connectivity index (χ4n) is 2.12. The molecule has 0 saturated carbocycles. The van der Waals surface area contributed by atoms with Crippen molar-refractivity contribution in [3.63, 3.8) is 0 Å². The van der Waals surface area contributed by atoms with Crippen LogP contribution in [0.3, 0.4) is 0 Å². The molecule has 0 aliphatic carbocycles. The number of aliphatic hydroxyl groups is 1. The summed E-state index contributed by atoms with van der Waals surface area (Å²) in [5, 5.41) is 12.2. The summed E-state index contributed by atoms with van der Waals surface area (Å²) in [6.45, 7) is 3.57. The Bertz CT molecular complexity index is 525. The van der Waals surface area contributed by atoms with Crippen LogP contribution in [0.1, 0.15) is 5.69 Å². The molecule has 0 spiro atoms. The van der Waals surface area contributed by atoms with Crippen molar-refractivity contribution in [2.75, 3.05) is 36.0 Å². The first-order valence-corrected chi connectivity index (χ1v) is 7.06. The monoisotopic (exact) mass is 277 g/mol. The van der Waals surface area contributed by atoms with Crippen molar-refractivity contribution >= 4 is 22.3 Å². The summed E-state index contributed by atoms with van der Waals surface area (Å²) in [6.07, 6.45) is 5.18. The zero-order valence-electron chi connectivity index (χ0n) is 10.4. The third-order valence-electron chi connectivity index (χ3n) is 3.13. The second-order valence-corrected chi connectivity index (χ2v) is 5.19. The Morgan fingerprint density at radius 3 is 2.63 bits per heavy atom. The summed E-state index contributed by atoms with van der Waals surface area (Å²) >= 11 is 1.67. The highest BCUT2D eigenvalue weighted by atomic mass is 32.1. The van der Waals surface area contributed by atoms with Crippen LogP contribution in [0.2, 0.25) is 0 Å². The summed E-state index contributed by atoms with van der Waals surface area (Å²) < 4.78 is 0. The van der Waals surface area contributed by atoms with Crippen LogP contribution in [-0.4, -0.2) is 46.2 Å². The van der Waals surface area contributed by atoms with Crippen molar-refractivity contribution in [1.29, 1.82) is 0 Å². The van der Waals surface area contributed by atoms with Gasteiger partial charge in [-0.3, -0.25) is 4.98 Å². The molecule has 1 aliphatic rings. The lowest BCUT2D eigenvalue weighted by atomic mass is 10.3. The van der Waals surface area contributed by atoms with Gasteiger partial charge >= 0.3 is 0 Å². The van der Waals surface area contributed by atoms with Gasteiger partial charge in [0.2, 0.25) is 0 Å². The highest BCUT2D eigenvalue weighted by Crippen LogP contribution is 2.20. The van der Waals surface area contributed by atoms with E-state index >= 15 is 0 Å².